The lowest BCUT2D eigenvalue weighted by molar-refractivity contribution is 0.112. The van der Waals surface area contributed by atoms with Gasteiger partial charge in [0.2, 0.25) is 0 Å². The molecule has 1 rings (SSSR count). The standard InChI is InChI=1S/C8H6Cl2O2/c9-3-5-1-7(10)2-6(4-11)8(5)12/h1-2,4,12H,3H2. The van der Waals surface area contributed by atoms with Crippen molar-refractivity contribution in [2.24, 2.45) is 0 Å². The third-order valence-corrected chi connectivity index (χ3v) is 1.96. The van der Waals surface area contributed by atoms with Crippen LogP contribution in [-0.4, -0.2) is 11.4 Å². The summed E-state index contributed by atoms with van der Waals surface area (Å²) in [4.78, 5) is 10.4. The summed E-state index contributed by atoms with van der Waals surface area (Å²) in [5, 5.41) is 9.73. The highest BCUT2D eigenvalue weighted by Crippen LogP contribution is 2.26. The van der Waals surface area contributed by atoms with Gasteiger partial charge in [0.1, 0.15) is 5.75 Å². The molecule has 0 unspecified atom stereocenters. The van der Waals surface area contributed by atoms with Gasteiger partial charge in [0.25, 0.3) is 0 Å². The summed E-state index contributed by atoms with van der Waals surface area (Å²) >= 11 is 11.1. The number of phenolic OH excluding ortho intramolecular Hbond substituents is 1. The van der Waals surface area contributed by atoms with Gasteiger partial charge >= 0.3 is 0 Å². The molecule has 0 aliphatic rings. The van der Waals surface area contributed by atoms with E-state index in [1.54, 1.807) is 0 Å². The van der Waals surface area contributed by atoms with Crippen LogP contribution in [0.2, 0.25) is 5.02 Å². The quantitative estimate of drug-likeness (QED) is 0.595. The first-order chi connectivity index (χ1) is 5.69. The Labute approximate surface area is 79.7 Å². The van der Waals surface area contributed by atoms with Gasteiger partial charge in [0.15, 0.2) is 6.29 Å². The van der Waals surface area contributed by atoms with E-state index in [2.05, 4.69) is 0 Å². The fourth-order valence-electron chi connectivity index (χ4n) is 0.870. The Morgan fingerprint density at radius 1 is 1.50 bits per heavy atom. The van der Waals surface area contributed by atoms with Gasteiger partial charge in [-0.3, -0.25) is 4.79 Å². The van der Waals surface area contributed by atoms with Gasteiger partial charge in [-0.2, -0.15) is 0 Å². The van der Waals surface area contributed by atoms with Crippen LogP contribution in [0.1, 0.15) is 15.9 Å². The van der Waals surface area contributed by atoms with E-state index in [0.29, 0.717) is 16.9 Å². The third-order valence-electron chi connectivity index (χ3n) is 1.45. The summed E-state index contributed by atoms with van der Waals surface area (Å²) < 4.78 is 0. The molecule has 0 aromatic heterocycles. The molecule has 4 heteroatoms. The van der Waals surface area contributed by atoms with Crippen molar-refractivity contribution in [1.82, 2.24) is 0 Å². The predicted molar refractivity (Wildman–Crippen MR) is 48.1 cm³/mol. The van der Waals surface area contributed by atoms with Crippen molar-refractivity contribution in [3.05, 3.63) is 28.3 Å². The van der Waals surface area contributed by atoms with E-state index in [9.17, 15) is 9.90 Å². The first-order valence-electron chi connectivity index (χ1n) is 3.21. The maximum atomic E-state index is 10.4. The van der Waals surface area contributed by atoms with Gasteiger partial charge in [0.05, 0.1) is 11.4 Å². The lowest BCUT2D eigenvalue weighted by Crippen LogP contribution is -1.87. The lowest BCUT2D eigenvalue weighted by atomic mass is 10.1. The van der Waals surface area contributed by atoms with E-state index in [1.807, 2.05) is 0 Å². The number of carbonyl (C=O) groups excluding carboxylic acids is 1. The molecule has 0 heterocycles. The number of phenols is 1. The molecular weight excluding hydrogens is 199 g/mol. The molecule has 1 aromatic carbocycles. The summed E-state index contributed by atoms with van der Waals surface area (Å²) in [7, 11) is 0. The van der Waals surface area contributed by atoms with Crippen LogP contribution >= 0.6 is 23.2 Å². The van der Waals surface area contributed by atoms with E-state index in [0.717, 1.165) is 0 Å². The summed E-state index contributed by atoms with van der Waals surface area (Å²) in [5.74, 6) is 0.0390. The zero-order valence-corrected chi connectivity index (χ0v) is 7.56. The molecule has 0 saturated heterocycles. The number of carbonyl (C=O) groups is 1. The van der Waals surface area contributed by atoms with Gasteiger partial charge < -0.3 is 5.11 Å². The third kappa shape index (κ3) is 1.71. The number of hydrogen-bond acceptors (Lipinski definition) is 2. The highest BCUT2D eigenvalue weighted by atomic mass is 35.5. The fourth-order valence-corrected chi connectivity index (χ4v) is 1.32. The Hall–Kier alpha value is -0.730. The van der Waals surface area contributed by atoms with Gasteiger partial charge in [0, 0.05) is 10.6 Å². The Morgan fingerprint density at radius 3 is 2.67 bits per heavy atom. The largest absolute Gasteiger partial charge is 0.507 e. The first-order valence-corrected chi connectivity index (χ1v) is 4.12. The average Bonchev–Trinajstić information content (AvgIpc) is 2.08. The Kier molecular flexibility index (Phi) is 2.95. The molecule has 0 atom stereocenters. The molecule has 1 N–H and O–H groups in total. The summed E-state index contributed by atoms with van der Waals surface area (Å²) in [6.45, 7) is 0. The molecule has 0 spiro atoms. The molecule has 0 fully saturated rings. The molecule has 0 saturated carbocycles. The number of halogens is 2. The molecule has 2 nitrogen and oxygen atoms in total. The van der Waals surface area contributed by atoms with Crippen molar-refractivity contribution in [2.45, 2.75) is 5.88 Å². The number of rotatable bonds is 2. The number of aromatic hydroxyl groups is 1. The first kappa shape index (κ1) is 9.36. The van der Waals surface area contributed by atoms with Gasteiger partial charge in [-0.15, -0.1) is 11.6 Å². The van der Waals surface area contributed by atoms with E-state index < -0.39 is 0 Å². The Morgan fingerprint density at radius 2 is 2.17 bits per heavy atom. The molecule has 64 valence electrons. The van der Waals surface area contributed by atoms with Crippen LogP contribution in [0.3, 0.4) is 0 Å². The van der Waals surface area contributed by atoms with Crippen molar-refractivity contribution < 1.29 is 9.90 Å². The van der Waals surface area contributed by atoms with Crippen molar-refractivity contribution in [2.75, 3.05) is 0 Å². The Bertz CT molecular complexity index is 310. The SMILES string of the molecule is O=Cc1cc(Cl)cc(CCl)c1O. The van der Waals surface area contributed by atoms with Crippen LogP contribution in [0.4, 0.5) is 0 Å². The number of benzene rings is 1. The topological polar surface area (TPSA) is 37.3 Å². The molecule has 0 aliphatic heterocycles. The van der Waals surface area contributed by atoms with Crippen LogP contribution < -0.4 is 0 Å². The lowest BCUT2D eigenvalue weighted by Gasteiger charge is -2.03. The second-order valence-corrected chi connectivity index (χ2v) is 2.96. The minimum atomic E-state index is -0.0931. The van der Waals surface area contributed by atoms with Gasteiger partial charge in [-0.25, -0.2) is 0 Å². The smallest absolute Gasteiger partial charge is 0.153 e. The molecule has 0 amide bonds. The zero-order valence-electron chi connectivity index (χ0n) is 6.05. The molecule has 1 aromatic rings. The fraction of sp³-hybridized carbons (Fsp3) is 0.125. The monoisotopic (exact) mass is 204 g/mol. The Balaban J connectivity index is 3.31. The minimum Gasteiger partial charge on any atom is -0.507 e. The van der Waals surface area contributed by atoms with E-state index >= 15 is 0 Å². The van der Waals surface area contributed by atoms with Crippen LogP contribution in [0.25, 0.3) is 0 Å². The van der Waals surface area contributed by atoms with Crippen molar-refractivity contribution >= 4 is 29.5 Å². The highest BCUT2D eigenvalue weighted by molar-refractivity contribution is 6.31. The van der Waals surface area contributed by atoms with E-state index in [4.69, 9.17) is 23.2 Å². The number of aldehydes is 1. The van der Waals surface area contributed by atoms with Crippen LogP contribution in [-0.2, 0) is 5.88 Å². The molecule has 0 aliphatic carbocycles. The molecule has 12 heavy (non-hydrogen) atoms. The van der Waals surface area contributed by atoms with Crippen LogP contribution in [0, 0.1) is 0 Å². The van der Waals surface area contributed by atoms with Crippen LogP contribution in [0.5, 0.6) is 5.75 Å². The summed E-state index contributed by atoms with van der Waals surface area (Å²) in [5.41, 5.74) is 0.629. The second kappa shape index (κ2) is 3.78. The highest BCUT2D eigenvalue weighted by Gasteiger charge is 2.07. The average molecular weight is 205 g/mol. The number of hydrogen-bond donors (Lipinski definition) is 1. The van der Waals surface area contributed by atoms with E-state index in [1.165, 1.54) is 12.1 Å². The maximum absolute atomic E-state index is 10.4. The van der Waals surface area contributed by atoms with E-state index in [-0.39, 0.29) is 17.2 Å². The van der Waals surface area contributed by atoms with Crippen molar-refractivity contribution in [1.29, 1.82) is 0 Å². The number of alkyl halides is 1. The maximum Gasteiger partial charge on any atom is 0.153 e. The minimum absolute atomic E-state index is 0.0931. The van der Waals surface area contributed by atoms with Crippen molar-refractivity contribution in [3.8, 4) is 5.75 Å². The zero-order chi connectivity index (χ0) is 9.14. The van der Waals surface area contributed by atoms with Crippen LogP contribution in [0.15, 0.2) is 12.1 Å². The summed E-state index contributed by atoms with van der Waals surface area (Å²) in [6.07, 6.45) is 0.539. The van der Waals surface area contributed by atoms with Crippen molar-refractivity contribution in [3.63, 3.8) is 0 Å². The molecule has 0 bridgehead atoms. The van der Waals surface area contributed by atoms with Gasteiger partial charge in [-0.1, -0.05) is 11.6 Å². The molecular formula is C8H6Cl2O2. The normalized spacial score (nSPS) is 9.83. The predicted octanol–water partition coefficient (Wildman–Crippen LogP) is 2.60. The molecule has 0 radical (unpaired) electrons. The summed E-state index contributed by atoms with van der Waals surface area (Å²) in [6, 6.07) is 2.91. The second-order valence-electron chi connectivity index (χ2n) is 2.25. The van der Waals surface area contributed by atoms with Gasteiger partial charge in [-0.05, 0) is 12.1 Å².